The van der Waals surface area contributed by atoms with E-state index < -0.39 is 12.1 Å². The van der Waals surface area contributed by atoms with Gasteiger partial charge in [-0.25, -0.2) is 4.79 Å². The van der Waals surface area contributed by atoms with E-state index in [-0.39, 0.29) is 0 Å². The number of aliphatic carboxylic acids is 1. The molecule has 1 N–H and O–H groups in total. The Hall–Kier alpha value is -1.03. The van der Waals surface area contributed by atoms with Crippen LogP contribution in [0.3, 0.4) is 0 Å². The second-order valence-corrected chi connectivity index (χ2v) is 3.69. The Morgan fingerprint density at radius 1 is 1.47 bits per heavy atom. The summed E-state index contributed by atoms with van der Waals surface area (Å²) >= 11 is 3.33. The number of ether oxygens (including phenoxy) is 1. The van der Waals surface area contributed by atoms with E-state index >= 15 is 0 Å². The maximum Gasteiger partial charge on any atom is 0.344 e. The van der Waals surface area contributed by atoms with Crippen molar-refractivity contribution in [3.8, 4) is 5.75 Å². The molecule has 3 nitrogen and oxygen atoms in total. The molecule has 1 unspecified atom stereocenters. The highest BCUT2D eigenvalue weighted by Crippen LogP contribution is 2.16. The van der Waals surface area contributed by atoms with Crippen molar-refractivity contribution >= 4 is 21.9 Å². The standard InChI is InChI=1S/C11H13BrO3/c1-2-10(11(13)14)15-9-5-3-8(7-12)4-6-9/h3-6,10H,2,7H2,1H3,(H,13,14). The van der Waals surface area contributed by atoms with Crippen LogP contribution in [0.5, 0.6) is 5.75 Å². The molecular weight excluding hydrogens is 260 g/mol. The van der Waals surface area contributed by atoms with Gasteiger partial charge in [0.25, 0.3) is 0 Å². The van der Waals surface area contributed by atoms with Crippen LogP contribution in [-0.4, -0.2) is 17.2 Å². The van der Waals surface area contributed by atoms with Gasteiger partial charge in [0.15, 0.2) is 6.10 Å². The molecule has 1 aromatic carbocycles. The van der Waals surface area contributed by atoms with Crippen LogP contribution in [0.2, 0.25) is 0 Å². The Balaban J connectivity index is 2.67. The van der Waals surface area contributed by atoms with E-state index in [1.165, 1.54) is 0 Å². The van der Waals surface area contributed by atoms with Crippen LogP contribution in [0.1, 0.15) is 18.9 Å². The molecule has 1 rings (SSSR count). The van der Waals surface area contributed by atoms with Gasteiger partial charge in [0, 0.05) is 5.33 Å². The lowest BCUT2D eigenvalue weighted by atomic mass is 10.2. The molecule has 0 amide bonds. The van der Waals surface area contributed by atoms with Crippen LogP contribution >= 0.6 is 15.9 Å². The molecular formula is C11H13BrO3. The van der Waals surface area contributed by atoms with Gasteiger partial charge in [-0.15, -0.1) is 0 Å². The summed E-state index contributed by atoms with van der Waals surface area (Å²) in [4.78, 5) is 10.7. The van der Waals surface area contributed by atoms with E-state index in [0.29, 0.717) is 12.2 Å². The second kappa shape index (κ2) is 5.75. The third kappa shape index (κ3) is 3.55. The summed E-state index contributed by atoms with van der Waals surface area (Å²) in [6.07, 6.45) is -0.310. The number of hydrogen-bond donors (Lipinski definition) is 1. The Labute approximate surface area is 97.2 Å². The van der Waals surface area contributed by atoms with Crippen LogP contribution in [0.15, 0.2) is 24.3 Å². The summed E-state index contributed by atoms with van der Waals surface area (Å²) in [5, 5.41) is 9.58. The molecule has 0 bridgehead atoms. The van der Waals surface area contributed by atoms with Crippen LogP contribution in [0.25, 0.3) is 0 Å². The van der Waals surface area contributed by atoms with Crippen molar-refractivity contribution in [2.75, 3.05) is 0 Å². The molecule has 0 aliphatic carbocycles. The van der Waals surface area contributed by atoms with Crippen molar-refractivity contribution < 1.29 is 14.6 Å². The van der Waals surface area contributed by atoms with E-state index in [2.05, 4.69) is 15.9 Å². The minimum Gasteiger partial charge on any atom is -0.479 e. The van der Waals surface area contributed by atoms with Gasteiger partial charge in [-0.2, -0.15) is 0 Å². The lowest BCUT2D eigenvalue weighted by molar-refractivity contribution is -0.145. The molecule has 1 aromatic rings. The fourth-order valence-corrected chi connectivity index (χ4v) is 1.50. The predicted molar refractivity (Wildman–Crippen MR) is 61.4 cm³/mol. The van der Waals surface area contributed by atoms with Gasteiger partial charge in [0.05, 0.1) is 0 Å². The fraction of sp³-hybridized carbons (Fsp3) is 0.364. The number of carboxylic acids is 1. The third-order valence-corrected chi connectivity index (χ3v) is 2.65. The zero-order valence-corrected chi connectivity index (χ0v) is 10.0. The lowest BCUT2D eigenvalue weighted by Crippen LogP contribution is -2.25. The first kappa shape index (κ1) is 12.0. The van der Waals surface area contributed by atoms with Crippen molar-refractivity contribution in [3.05, 3.63) is 29.8 Å². The molecule has 0 saturated carbocycles. The number of halogens is 1. The number of carbonyl (C=O) groups is 1. The summed E-state index contributed by atoms with van der Waals surface area (Å²) in [7, 11) is 0. The van der Waals surface area contributed by atoms with Gasteiger partial charge >= 0.3 is 5.97 Å². The average Bonchev–Trinajstić information content (AvgIpc) is 2.26. The van der Waals surface area contributed by atoms with Gasteiger partial charge in [0.1, 0.15) is 5.75 Å². The molecule has 4 heteroatoms. The normalized spacial score (nSPS) is 12.1. The molecule has 0 spiro atoms. The molecule has 0 aliphatic rings. The maximum atomic E-state index is 10.7. The van der Waals surface area contributed by atoms with Crippen LogP contribution in [0.4, 0.5) is 0 Å². The molecule has 0 heterocycles. The number of alkyl halides is 1. The SMILES string of the molecule is CCC(Oc1ccc(CBr)cc1)C(=O)O. The Kier molecular flexibility index (Phi) is 4.62. The summed E-state index contributed by atoms with van der Waals surface area (Å²) in [6.45, 7) is 1.78. The van der Waals surface area contributed by atoms with E-state index in [0.717, 1.165) is 10.9 Å². The van der Waals surface area contributed by atoms with E-state index in [9.17, 15) is 4.79 Å². The highest BCUT2D eigenvalue weighted by atomic mass is 79.9. The summed E-state index contributed by atoms with van der Waals surface area (Å²) in [5.74, 6) is -0.337. The first-order valence-electron chi connectivity index (χ1n) is 4.71. The summed E-state index contributed by atoms with van der Waals surface area (Å²) < 4.78 is 5.31. The Morgan fingerprint density at radius 3 is 2.47 bits per heavy atom. The van der Waals surface area contributed by atoms with Crippen molar-refractivity contribution in [2.24, 2.45) is 0 Å². The smallest absolute Gasteiger partial charge is 0.344 e. The predicted octanol–water partition coefficient (Wildman–Crippen LogP) is 2.82. The van der Waals surface area contributed by atoms with Gasteiger partial charge in [-0.1, -0.05) is 35.0 Å². The first-order chi connectivity index (χ1) is 7.17. The van der Waals surface area contributed by atoms with E-state index in [4.69, 9.17) is 9.84 Å². The lowest BCUT2D eigenvalue weighted by Gasteiger charge is -2.13. The topological polar surface area (TPSA) is 46.5 Å². The summed E-state index contributed by atoms with van der Waals surface area (Å²) in [6, 6.07) is 7.36. The first-order valence-corrected chi connectivity index (χ1v) is 5.84. The Morgan fingerprint density at radius 2 is 2.07 bits per heavy atom. The second-order valence-electron chi connectivity index (χ2n) is 3.13. The van der Waals surface area contributed by atoms with E-state index in [1.54, 1.807) is 19.1 Å². The molecule has 0 fully saturated rings. The highest BCUT2D eigenvalue weighted by Gasteiger charge is 2.16. The van der Waals surface area contributed by atoms with Crippen molar-refractivity contribution in [1.82, 2.24) is 0 Å². The molecule has 15 heavy (non-hydrogen) atoms. The van der Waals surface area contributed by atoms with Gasteiger partial charge in [0.2, 0.25) is 0 Å². The van der Waals surface area contributed by atoms with Crippen molar-refractivity contribution in [3.63, 3.8) is 0 Å². The van der Waals surface area contributed by atoms with Gasteiger partial charge in [-0.3, -0.25) is 0 Å². The van der Waals surface area contributed by atoms with Crippen molar-refractivity contribution in [1.29, 1.82) is 0 Å². The zero-order valence-electron chi connectivity index (χ0n) is 8.44. The van der Waals surface area contributed by atoms with Crippen molar-refractivity contribution in [2.45, 2.75) is 24.8 Å². The number of hydrogen-bond acceptors (Lipinski definition) is 2. The minimum atomic E-state index is -0.929. The third-order valence-electron chi connectivity index (χ3n) is 2.00. The maximum absolute atomic E-state index is 10.7. The summed E-state index contributed by atoms with van der Waals surface area (Å²) in [5.41, 5.74) is 1.13. The van der Waals surface area contributed by atoms with Crippen LogP contribution in [0, 0.1) is 0 Å². The monoisotopic (exact) mass is 272 g/mol. The number of benzene rings is 1. The largest absolute Gasteiger partial charge is 0.479 e. The minimum absolute atomic E-state index is 0.454. The molecule has 0 aromatic heterocycles. The highest BCUT2D eigenvalue weighted by molar-refractivity contribution is 9.08. The molecule has 0 aliphatic heterocycles. The Bertz CT molecular complexity index is 321. The number of carboxylic acid groups (broad SMARTS) is 1. The van der Waals surface area contributed by atoms with Gasteiger partial charge < -0.3 is 9.84 Å². The van der Waals surface area contributed by atoms with E-state index in [1.807, 2.05) is 12.1 Å². The molecule has 0 saturated heterocycles. The number of rotatable bonds is 5. The van der Waals surface area contributed by atoms with Crippen LogP contribution in [-0.2, 0) is 10.1 Å². The average molecular weight is 273 g/mol. The van der Waals surface area contributed by atoms with Crippen LogP contribution < -0.4 is 4.74 Å². The molecule has 0 radical (unpaired) electrons. The molecule has 82 valence electrons. The van der Waals surface area contributed by atoms with Gasteiger partial charge in [-0.05, 0) is 24.1 Å². The molecule has 1 atom stereocenters. The fourth-order valence-electron chi connectivity index (χ4n) is 1.13. The zero-order chi connectivity index (χ0) is 11.3. The quantitative estimate of drug-likeness (QED) is 0.839.